The third-order valence-corrected chi connectivity index (χ3v) is 3.95. The van der Waals surface area contributed by atoms with Crippen LogP contribution in [0.2, 0.25) is 5.02 Å². The lowest BCUT2D eigenvalue weighted by molar-refractivity contribution is -0.256. The molecule has 5 unspecified atom stereocenters. The van der Waals surface area contributed by atoms with E-state index in [2.05, 4.69) is 0 Å². The smallest absolute Gasteiger partial charge is 0.303 e. The van der Waals surface area contributed by atoms with Gasteiger partial charge in [0.05, 0.1) is 6.04 Å². The summed E-state index contributed by atoms with van der Waals surface area (Å²) in [4.78, 5) is 33.5. The standard InChI is InChI=1S/C17H20ClNO8/c1-9(21)23-7-13-15(25-10(2)22)14(19)16(24-8-20)17(27-13)26-12-5-3-4-11(18)6-12/h3-6,8,13-17H,7,19H2,1-2H3. The average molecular weight is 402 g/mol. The number of halogens is 1. The minimum absolute atomic E-state index is 0.194. The fourth-order valence-electron chi connectivity index (χ4n) is 2.61. The van der Waals surface area contributed by atoms with Crippen LogP contribution >= 0.6 is 11.6 Å². The Morgan fingerprint density at radius 2 is 2.00 bits per heavy atom. The maximum atomic E-state index is 11.4. The van der Waals surface area contributed by atoms with E-state index < -0.39 is 42.6 Å². The Balaban J connectivity index is 2.26. The number of nitrogens with two attached hydrogens (primary N) is 1. The summed E-state index contributed by atoms with van der Waals surface area (Å²) in [7, 11) is 0. The molecule has 1 aromatic carbocycles. The van der Waals surface area contributed by atoms with Crippen LogP contribution in [0.3, 0.4) is 0 Å². The average Bonchev–Trinajstić information content (AvgIpc) is 2.59. The Labute approximate surface area is 160 Å². The van der Waals surface area contributed by atoms with Crippen LogP contribution in [0.1, 0.15) is 13.8 Å². The summed E-state index contributed by atoms with van der Waals surface area (Å²) in [5, 5.41) is 0.426. The van der Waals surface area contributed by atoms with Crippen LogP contribution in [0, 0.1) is 0 Å². The van der Waals surface area contributed by atoms with Gasteiger partial charge in [-0.1, -0.05) is 17.7 Å². The van der Waals surface area contributed by atoms with Gasteiger partial charge in [0, 0.05) is 18.9 Å². The van der Waals surface area contributed by atoms with Crippen molar-refractivity contribution in [3.05, 3.63) is 29.3 Å². The predicted octanol–water partition coefficient (Wildman–Crippen LogP) is 0.807. The minimum Gasteiger partial charge on any atom is -0.463 e. The summed E-state index contributed by atoms with van der Waals surface area (Å²) in [6.07, 6.45) is -4.18. The Morgan fingerprint density at radius 1 is 1.26 bits per heavy atom. The SMILES string of the molecule is CC(=O)OCC1OC(Oc2cccc(Cl)c2)C(OC=O)C(N)C1OC(C)=O. The van der Waals surface area contributed by atoms with Gasteiger partial charge in [-0.15, -0.1) is 0 Å². The van der Waals surface area contributed by atoms with E-state index in [0.717, 1.165) is 0 Å². The zero-order valence-electron chi connectivity index (χ0n) is 14.7. The summed E-state index contributed by atoms with van der Waals surface area (Å²) in [5.41, 5.74) is 6.14. The van der Waals surface area contributed by atoms with Crippen LogP contribution in [0.25, 0.3) is 0 Å². The zero-order valence-corrected chi connectivity index (χ0v) is 15.5. The van der Waals surface area contributed by atoms with E-state index in [-0.39, 0.29) is 13.1 Å². The molecule has 1 aliphatic heterocycles. The number of hydrogen-bond acceptors (Lipinski definition) is 9. The summed E-state index contributed by atoms with van der Waals surface area (Å²) in [5.74, 6) is -0.824. The Morgan fingerprint density at radius 3 is 2.59 bits per heavy atom. The molecule has 0 bridgehead atoms. The molecule has 1 heterocycles. The highest BCUT2D eigenvalue weighted by Crippen LogP contribution is 2.28. The van der Waals surface area contributed by atoms with Crippen molar-refractivity contribution < 1.29 is 38.1 Å². The first kappa shape index (κ1) is 20.9. The molecule has 1 aliphatic rings. The minimum atomic E-state index is -1.14. The molecule has 9 nitrogen and oxygen atoms in total. The van der Waals surface area contributed by atoms with Crippen molar-refractivity contribution in [3.63, 3.8) is 0 Å². The van der Waals surface area contributed by atoms with Crippen molar-refractivity contribution >= 4 is 30.0 Å². The molecule has 1 fully saturated rings. The number of carbonyl (C=O) groups excluding carboxylic acids is 3. The highest BCUT2D eigenvalue weighted by Gasteiger charge is 2.49. The molecule has 5 atom stereocenters. The molecule has 0 saturated carbocycles. The Kier molecular flexibility index (Phi) is 7.40. The summed E-state index contributed by atoms with van der Waals surface area (Å²) >= 11 is 5.93. The molecule has 27 heavy (non-hydrogen) atoms. The van der Waals surface area contributed by atoms with Crippen LogP contribution in [0.5, 0.6) is 5.75 Å². The van der Waals surface area contributed by atoms with Crippen molar-refractivity contribution in [1.82, 2.24) is 0 Å². The van der Waals surface area contributed by atoms with Gasteiger partial charge in [-0.3, -0.25) is 14.4 Å². The van der Waals surface area contributed by atoms with Gasteiger partial charge in [0.2, 0.25) is 6.29 Å². The van der Waals surface area contributed by atoms with Gasteiger partial charge in [0.25, 0.3) is 6.47 Å². The quantitative estimate of drug-likeness (QED) is 0.401. The molecular weight excluding hydrogens is 382 g/mol. The molecule has 2 rings (SSSR count). The Bertz CT molecular complexity index is 685. The van der Waals surface area contributed by atoms with Crippen molar-refractivity contribution in [2.75, 3.05) is 6.61 Å². The molecule has 0 amide bonds. The first-order chi connectivity index (χ1) is 12.8. The third-order valence-electron chi connectivity index (χ3n) is 3.72. The van der Waals surface area contributed by atoms with E-state index in [1.165, 1.54) is 19.9 Å². The summed E-state index contributed by atoms with van der Waals surface area (Å²) in [6.45, 7) is 2.38. The lowest BCUT2D eigenvalue weighted by Gasteiger charge is -2.42. The van der Waals surface area contributed by atoms with E-state index >= 15 is 0 Å². The largest absolute Gasteiger partial charge is 0.463 e. The number of ether oxygens (including phenoxy) is 5. The molecule has 148 valence electrons. The summed E-state index contributed by atoms with van der Waals surface area (Å²) < 4.78 is 26.6. The maximum Gasteiger partial charge on any atom is 0.303 e. The van der Waals surface area contributed by atoms with Gasteiger partial charge in [0.15, 0.2) is 12.2 Å². The van der Waals surface area contributed by atoms with Gasteiger partial charge >= 0.3 is 11.9 Å². The van der Waals surface area contributed by atoms with Crippen LogP contribution in [-0.4, -0.2) is 55.7 Å². The van der Waals surface area contributed by atoms with Crippen LogP contribution < -0.4 is 10.5 Å². The molecule has 10 heteroatoms. The Hall–Kier alpha value is -2.36. The van der Waals surface area contributed by atoms with Crippen LogP contribution in [-0.2, 0) is 33.3 Å². The van der Waals surface area contributed by atoms with Gasteiger partial charge in [-0.2, -0.15) is 0 Å². The van der Waals surface area contributed by atoms with E-state index in [1.807, 2.05) is 0 Å². The number of benzene rings is 1. The molecule has 0 spiro atoms. The van der Waals surface area contributed by atoms with Crippen molar-refractivity contribution in [1.29, 1.82) is 0 Å². The first-order valence-corrected chi connectivity index (χ1v) is 8.42. The molecule has 0 aromatic heterocycles. The van der Waals surface area contributed by atoms with Crippen LogP contribution in [0.4, 0.5) is 0 Å². The number of hydrogen-bond donors (Lipinski definition) is 1. The molecule has 0 aliphatic carbocycles. The highest BCUT2D eigenvalue weighted by molar-refractivity contribution is 6.30. The van der Waals surface area contributed by atoms with Gasteiger partial charge < -0.3 is 29.4 Å². The van der Waals surface area contributed by atoms with Gasteiger partial charge in [-0.05, 0) is 18.2 Å². The topological polar surface area (TPSA) is 123 Å². The van der Waals surface area contributed by atoms with Crippen LogP contribution in [0.15, 0.2) is 24.3 Å². The second-order valence-corrected chi connectivity index (χ2v) is 6.21. The lowest BCUT2D eigenvalue weighted by Crippen LogP contribution is -2.65. The van der Waals surface area contributed by atoms with Crippen molar-refractivity contribution in [3.8, 4) is 5.75 Å². The van der Waals surface area contributed by atoms with E-state index in [0.29, 0.717) is 10.8 Å². The molecule has 1 saturated heterocycles. The predicted molar refractivity (Wildman–Crippen MR) is 91.8 cm³/mol. The molecule has 2 N–H and O–H groups in total. The van der Waals surface area contributed by atoms with Crippen molar-refractivity contribution in [2.24, 2.45) is 5.73 Å². The highest BCUT2D eigenvalue weighted by atomic mass is 35.5. The van der Waals surface area contributed by atoms with Crippen molar-refractivity contribution in [2.45, 2.75) is 44.5 Å². The fourth-order valence-corrected chi connectivity index (χ4v) is 2.79. The van der Waals surface area contributed by atoms with Gasteiger partial charge in [0.1, 0.15) is 18.5 Å². The fraction of sp³-hybridized carbons (Fsp3) is 0.471. The number of carbonyl (C=O) groups is 3. The van der Waals surface area contributed by atoms with E-state index in [9.17, 15) is 14.4 Å². The monoisotopic (exact) mass is 401 g/mol. The lowest BCUT2D eigenvalue weighted by atomic mass is 9.96. The van der Waals surface area contributed by atoms with Gasteiger partial charge in [-0.25, -0.2) is 0 Å². The van der Waals surface area contributed by atoms with E-state index in [4.69, 9.17) is 41.0 Å². The molecular formula is C17H20ClNO8. The number of esters is 2. The third kappa shape index (κ3) is 5.81. The second-order valence-electron chi connectivity index (χ2n) is 5.77. The molecule has 0 radical (unpaired) electrons. The normalized spacial score (nSPS) is 27.3. The van der Waals surface area contributed by atoms with E-state index in [1.54, 1.807) is 18.2 Å². The molecule has 1 aromatic rings. The first-order valence-electron chi connectivity index (χ1n) is 8.04. The summed E-state index contributed by atoms with van der Waals surface area (Å²) in [6, 6.07) is 5.49. The maximum absolute atomic E-state index is 11.4. The number of rotatable bonds is 7. The second kappa shape index (κ2) is 9.54. The zero-order chi connectivity index (χ0) is 20.0.